The van der Waals surface area contributed by atoms with Crippen LogP contribution in [-0.4, -0.2) is 40.5 Å². The summed E-state index contributed by atoms with van der Waals surface area (Å²) in [6.07, 6.45) is 0.00946. The van der Waals surface area contributed by atoms with Crippen LogP contribution in [0.2, 0.25) is 0 Å². The number of guanidine groups is 1. The van der Waals surface area contributed by atoms with Crippen LogP contribution in [0.15, 0.2) is 24.3 Å². The number of amides is 1. The molecule has 28 heavy (non-hydrogen) atoms. The van der Waals surface area contributed by atoms with E-state index in [2.05, 4.69) is 39.6 Å². The van der Waals surface area contributed by atoms with E-state index >= 15 is 0 Å². The maximum Gasteiger partial charge on any atom is 0.336 e. The normalized spacial score (nSPS) is 11.9. The summed E-state index contributed by atoms with van der Waals surface area (Å²) in [6, 6.07) is 5.49. The standard InChI is InChI=1S/C16H25N5O5P2/c1-16(2,19-12(22)8-7-11(20-27)13(23)24)14(25)26-10-5-3-9(4-6-10)18-15(17)21-28/h3-6,11,20H,7-8,27-28H2,1-2H3,(H,19,22)(H,23,24)(H3,17,18,21). The highest BCUT2D eigenvalue weighted by Crippen LogP contribution is 2.18. The fraction of sp³-hybridized carbons (Fsp3) is 0.375. The third-order valence-corrected chi connectivity index (χ3v) is 4.29. The number of benzene rings is 1. The van der Waals surface area contributed by atoms with E-state index in [4.69, 9.17) is 15.3 Å². The predicted octanol–water partition coefficient (Wildman–Crippen LogP) is 0.826. The second kappa shape index (κ2) is 10.9. The molecule has 3 atom stereocenters. The number of anilines is 1. The van der Waals surface area contributed by atoms with Crippen LogP contribution in [0.25, 0.3) is 0 Å². The first-order valence-electron chi connectivity index (χ1n) is 8.23. The Kier molecular flexibility index (Phi) is 9.25. The van der Waals surface area contributed by atoms with Crippen molar-refractivity contribution in [2.24, 2.45) is 0 Å². The summed E-state index contributed by atoms with van der Waals surface area (Å²) in [5.41, 5.74) is -0.671. The largest absolute Gasteiger partial charge is 0.480 e. The molecule has 0 fully saturated rings. The molecule has 1 aromatic carbocycles. The Hall–Kier alpha value is -2.28. The first-order valence-corrected chi connectivity index (χ1v) is 9.39. The van der Waals surface area contributed by atoms with Gasteiger partial charge in [0.2, 0.25) is 5.91 Å². The van der Waals surface area contributed by atoms with E-state index in [-0.39, 0.29) is 24.6 Å². The highest BCUT2D eigenvalue weighted by molar-refractivity contribution is 7.15. The SMILES string of the molecule is CC(C)(NC(=O)CCC(NP)C(=O)O)C(=O)Oc1ccc(NC(=N)NP)cc1. The highest BCUT2D eigenvalue weighted by Gasteiger charge is 2.32. The minimum Gasteiger partial charge on any atom is -0.480 e. The average molecular weight is 429 g/mol. The zero-order chi connectivity index (χ0) is 21.3. The van der Waals surface area contributed by atoms with Crippen molar-refractivity contribution in [3.05, 3.63) is 24.3 Å². The molecule has 1 aromatic rings. The third-order valence-electron chi connectivity index (χ3n) is 3.60. The molecule has 0 aliphatic rings. The van der Waals surface area contributed by atoms with Crippen LogP contribution >= 0.6 is 18.8 Å². The number of ether oxygens (including phenoxy) is 1. The summed E-state index contributed by atoms with van der Waals surface area (Å²) >= 11 is 0. The molecule has 0 radical (unpaired) electrons. The van der Waals surface area contributed by atoms with Gasteiger partial charge in [-0.2, -0.15) is 0 Å². The Morgan fingerprint density at radius 1 is 1.21 bits per heavy atom. The number of rotatable bonds is 9. The molecule has 0 saturated carbocycles. The van der Waals surface area contributed by atoms with Gasteiger partial charge in [0.1, 0.15) is 17.3 Å². The van der Waals surface area contributed by atoms with Gasteiger partial charge in [-0.3, -0.25) is 20.1 Å². The van der Waals surface area contributed by atoms with E-state index in [1.807, 2.05) is 0 Å². The van der Waals surface area contributed by atoms with Gasteiger partial charge in [0.25, 0.3) is 0 Å². The monoisotopic (exact) mass is 429 g/mol. The molecule has 10 nitrogen and oxygen atoms in total. The molecule has 3 unspecified atom stereocenters. The number of hydrogen-bond acceptors (Lipinski definition) is 6. The number of esters is 1. The van der Waals surface area contributed by atoms with Crippen molar-refractivity contribution in [2.45, 2.75) is 38.3 Å². The number of carbonyl (C=O) groups excluding carboxylic acids is 2. The van der Waals surface area contributed by atoms with Crippen LogP contribution in [0.3, 0.4) is 0 Å². The third kappa shape index (κ3) is 7.76. The van der Waals surface area contributed by atoms with Crippen molar-refractivity contribution in [3.63, 3.8) is 0 Å². The van der Waals surface area contributed by atoms with Crippen molar-refractivity contribution in [2.75, 3.05) is 5.32 Å². The lowest BCUT2D eigenvalue weighted by molar-refractivity contribution is -0.144. The Morgan fingerprint density at radius 3 is 2.32 bits per heavy atom. The van der Waals surface area contributed by atoms with Gasteiger partial charge in [0.05, 0.1) is 0 Å². The molecular formula is C16H25N5O5P2. The molecule has 1 amide bonds. The summed E-state index contributed by atoms with van der Waals surface area (Å²) in [4.78, 5) is 35.4. The van der Waals surface area contributed by atoms with Crippen LogP contribution < -0.4 is 25.5 Å². The maximum atomic E-state index is 12.4. The molecule has 0 bridgehead atoms. The second-order valence-electron chi connectivity index (χ2n) is 6.33. The maximum absolute atomic E-state index is 12.4. The van der Waals surface area contributed by atoms with E-state index in [9.17, 15) is 14.4 Å². The number of carboxylic acid groups (broad SMARTS) is 1. The number of aliphatic carboxylic acids is 1. The van der Waals surface area contributed by atoms with Gasteiger partial charge in [-0.15, -0.1) is 0 Å². The summed E-state index contributed by atoms with van der Waals surface area (Å²) < 4.78 is 5.29. The van der Waals surface area contributed by atoms with Crippen LogP contribution in [0.4, 0.5) is 5.69 Å². The number of hydrogen-bond donors (Lipinski definition) is 6. The van der Waals surface area contributed by atoms with Crippen molar-refractivity contribution in [1.82, 2.24) is 15.5 Å². The Bertz CT molecular complexity index is 727. The highest BCUT2D eigenvalue weighted by atomic mass is 31.0. The molecule has 0 aliphatic carbocycles. The van der Waals surface area contributed by atoms with Gasteiger partial charge < -0.3 is 25.6 Å². The van der Waals surface area contributed by atoms with Gasteiger partial charge in [0.15, 0.2) is 5.96 Å². The molecule has 0 aliphatic heterocycles. The topological polar surface area (TPSA) is 153 Å². The van der Waals surface area contributed by atoms with Crippen molar-refractivity contribution < 1.29 is 24.2 Å². The van der Waals surface area contributed by atoms with Gasteiger partial charge in [-0.05, 0) is 53.9 Å². The lowest BCUT2D eigenvalue weighted by Gasteiger charge is -2.24. The minimum absolute atomic E-state index is 0.0643. The van der Waals surface area contributed by atoms with Gasteiger partial charge in [-0.1, -0.05) is 9.39 Å². The van der Waals surface area contributed by atoms with Gasteiger partial charge in [-0.25, -0.2) is 4.79 Å². The Labute approximate surface area is 167 Å². The van der Waals surface area contributed by atoms with E-state index in [1.54, 1.807) is 24.3 Å². The molecule has 0 saturated heterocycles. The fourth-order valence-corrected chi connectivity index (χ4v) is 2.42. The number of carboxylic acids is 1. The summed E-state index contributed by atoms with van der Waals surface area (Å²) in [7, 11) is 4.29. The first kappa shape index (κ1) is 23.8. The summed E-state index contributed by atoms with van der Waals surface area (Å²) in [5.74, 6) is -1.83. The van der Waals surface area contributed by atoms with Gasteiger partial charge in [0, 0.05) is 12.1 Å². The van der Waals surface area contributed by atoms with E-state index < -0.39 is 29.4 Å². The molecule has 0 spiro atoms. The summed E-state index contributed by atoms with van der Waals surface area (Å²) in [6.45, 7) is 3.00. The van der Waals surface area contributed by atoms with Crippen LogP contribution in [0, 0.1) is 5.41 Å². The predicted molar refractivity (Wildman–Crippen MR) is 112 cm³/mol. The van der Waals surface area contributed by atoms with Gasteiger partial charge >= 0.3 is 11.9 Å². The smallest absolute Gasteiger partial charge is 0.336 e. The summed E-state index contributed by atoms with van der Waals surface area (Å²) in [5, 5.41) is 26.8. The van der Waals surface area contributed by atoms with Crippen LogP contribution in [0.5, 0.6) is 5.75 Å². The van der Waals surface area contributed by atoms with Crippen molar-refractivity contribution >= 4 is 48.3 Å². The minimum atomic E-state index is -1.30. The lowest BCUT2D eigenvalue weighted by atomic mass is 10.0. The lowest BCUT2D eigenvalue weighted by Crippen LogP contribution is -2.51. The molecule has 154 valence electrons. The molecule has 12 heteroatoms. The van der Waals surface area contributed by atoms with Crippen LogP contribution in [-0.2, 0) is 14.4 Å². The zero-order valence-corrected chi connectivity index (χ0v) is 17.8. The molecule has 0 heterocycles. The molecule has 1 rings (SSSR count). The van der Waals surface area contributed by atoms with E-state index in [0.717, 1.165) is 0 Å². The van der Waals surface area contributed by atoms with E-state index in [1.165, 1.54) is 13.8 Å². The number of nitrogens with one attached hydrogen (secondary N) is 5. The quantitative estimate of drug-likeness (QED) is 0.111. The second-order valence-corrected chi connectivity index (χ2v) is 6.95. The molecular weight excluding hydrogens is 404 g/mol. The Morgan fingerprint density at radius 2 is 1.82 bits per heavy atom. The first-order chi connectivity index (χ1) is 13.1. The Balaban J connectivity index is 2.60. The van der Waals surface area contributed by atoms with E-state index in [0.29, 0.717) is 5.69 Å². The zero-order valence-electron chi connectivity index (χ0n) is 15.5. The van der Waals surface area contributed by atoms with Crippen molar-refractivity contribution in [1.29, 1.82) is 5.41 Å². The number of carbonyl (C=O) groups is 3. The molecule has 0 aromatic heterocycles. The average Bonchev–Trinajstić information content (AvgIpc) is 2.62. The van der Waals surface area contributed by atoms with Crippen molar-refractivity contribution in [3.8, 4) is 5.75 Å². The molecule has 6 N–H and O–H groups in total. The fourth-order valence-electron chi connectivity index (χ4n) is 2.04. The van der Waals surface area contributed by atoms with Crippen LogP contribution in [0.1, 0.15) is 26.7 Å².